The fraction of sp³-hybridized carbons (Fsp3) is 0.533. The van der Waals surface area contributed by atoms with Gasteiger partial charge in [0.05, 0.1) is 5.56 Å². The monoisotopic (exact) mass is 296 g/mol. The molecule has 2 saturated heterocycles. The summed E-state index contributed by atoms with van der Waals surface area (Å²) in [6.07, 6.45) is -3.59. The molecule has 0 radical (unpaired) electrons. The van der Waals surface area contributed by atoms with Crippen LogP contribution in [0.2, 0.25) is 0 Å². The molecule has 0 amide bonds. The molecule has 0 saturated carbocycles. The smallest absolute Gasteiger partial charge is 0.338 e. The first-order valence-electron chi connectivity index (χ1n) is 6.84. The molecule has 0 N–H and O–H groups in total. The molecule has 0 bridgehead atoms. The summed E-state index contributed by atoms with van der Waals surface area (Å²) in [5, 5.41) is 0. The van der Waals surface area contributed by atoms with Crippen molar-refractivity contribution >= 4 is 5.97 Å². The van der Waals surface area contributed by atoms with Crippen LogP contribution in [0, 0.1) is 0 Å². The molecular formula is C15H17FO5. The van der Waals surface area contributed by atoms with Gasteiger partial charge in [-0.1, -0.05) is 18.2 Å². The fourth-order valence-corrected chi connectivity index (χ4v) is 2.58. The van der Waals surface area contributed by atoms with Crippen molar-refractivity contribution in [3.05, 3.63) is 35.9 Å². The number of alkyl halides is 1. The molecule has 2 aliphatic rings. The number of benzene rings is 1. The second-order valence-corrected chi connectivity index (χ2v) is 5.55. The lowest BCUT2D eigenvalue weighted by Crippen LogP contribution is -2.33. The number of carbonyl (C=O) groups is 1. The molecule has 0 aromatic heterocycles. The van der Waals surface area contributed by atoms with E-state index in [1.807, 2.05) is 0 Å². The van der Waals surface area contributed by atoms with E-state index in [2.05, 4.69) is 0 Å². The van der Waals surface area contributed by atoms with E-state index in [9.17, 15) is 9.18 Å². The number of hydrogen-bond acceptors (Lipinski definition) is 5. The summed E-state index contributed by atoms with van der Waals surface area (Å²) in [7, 11) is 0. The number of halogens is 1. The lowest BCUT2D eigenvalue weighted by molar-refractivity contribution is -0.207. The molecular weight excluding hydrogens is 279 g/mol. The molecule has 2 aliphatic heterocycles. The summed E-state index contributed by atoms with van der Waals surface area (Å²) in [6, 6.07) is 8.59. The highest BCUT2D eigenvalue weighted by Gasteiger charge is 2.56. The van der Waals surface area contributed by atoms with Crippen molar-refractivity contribution in [3.63, 3.8) is 0 Å². The van der Waals surface area contributed by atoms with Crippen LogP contribution in [0.15, 0.2) is 30.3 Å². The van der Waals surface area contributed by atoms with Crippen molar-refractivity contribution in [2.45, 2.75) is 44.3 Å². The minimum Gasteiger partial charge on any atom is -0.459 e. The molecule has 2 heterocycles. The van der Waals surface area contributed by atoms with Crippen molar-refractivity contribution in [2.75, 3.05) is 6.61 Å². The molecule has 4 atom stereocenters. The van der Waals surface area contributed by atoms with Crippen molar-refractivity contribution < 1.29 is 28.1 Å². The van der Waals surface area contributed by atoms with Gasteiger partial charge in [-0.25, -0.2) is 9.18 Å². The van der Waals surface area contributed by atoms with Gasteiger partial charge in [-0.3, -0.25) is 0 Å². The van der Waals surface area contributed by atoms with Crippen molar-refractivity contribution in [1.29, 1.82) is 0 Å². The zero-order valence-electron chi connectivity index (χ0n) is 11.8. The zero-order valence-corrected chi connectivity index (χ0v) is 11.8. The Morgan fingerprint density at radius 2 is 1.90 bits per heavy atom. The molecule has 3 rings (SSSR count). The van der Waals surface area contributed by atoms with Crippen molar-refractivity contribution in [1.82, 2.24) is 0 Å². The Morgan fingerprint density at radius 3 is 2.62 bits per heavy atom. The van der Waals surface area contributed by atoms with Gasteiger partial charge in [-0.2, -0.15) is 0 Å². The summed E-state index contributed by atoms with van der Waals surface area (Å²) in [6.45, 7) is 3.35. The maximum Gasteiger partial charge on any atom is 0.338 e. The van der Waals surface area contributed by atoms with Gasteiger partial charge in [0.2, 0.25) is 6.36 Å². The largest absolute Gasteiger partial charge is 0.459 e. The first kappa shape index (κ1) is 14.4. The summed E-state index contributed by atoms with van der Waals surface area (Å²) < 4.78 is 35.1. The molecule has 1 aromatic rings. The van der Waals surface area contributed by atoms with Gasteiger partial charge < -0.3 is 18.9 Å². The standard InChI is InChI=1S/C15H17FO5/c1-15(2)20-11-10(19-13(16)12(11)21-15)8-18-14(17)9-6-4-3-5-7-9/h3-7,10-13H,8H2,1-2H3/t10-,11?,12+,13-/m1/s1. The first-order chi connectivity index (χ1) is 9.96. The predicted molar refractivity (Wildman–Crippen MR) is 70.3 cm³/mol. The van der Waals surface area contributed by atoms with E-state index in [-0.39, 0.29) is 6.61 Å². The van der Waals surface area contributed by atoms with Crippen LogP contribution >= 0.6 is 0 Å². The van der Waals surface area contributed by atoms with Gasteiger partial charge in [0.1, 0.15) is 24.9 Å². The summed E-state index contributed by atoms with van der Waals surface area (Å²) in [5.41, 5.74) is 0.438. The van der Waals surface area contributed by atoms with Gasteiger partial charge in [0.25, 0.3) is 0 Å². The molecule has 0 spiro atoms. The highest BCUT2D eigenvalue weighted by molar-refractivity contribution is 5.89. The van der Waals surface area contributed by atoms with Gasteiger partial charge in [-0.05, 0) is 26.0 Å². The number of fused-ring (bicyclic) bond motifs is 1. The Hall–Kier alpha value is -1.50. The summed E-state index contributed by atoms with van der Waals surface area (Å²) in [5.74, 6) is -1.33. The third kappa shape index (κ3) is 2.92. The quantitative estimate of drug-likeness (QED) is 0.799. The van der Waals surface area contributed by atoms with E-state index in [0.29, 0.717) is 5.56 Å². The van der Waals surface area contributed by atoms with E-state index in [4.69, 9.17) is 18.9 Å². The lowest BCUT2D eigenvalue weighted by Gasteiger charge is -2.22. The fourth-order valence-electron chi connectivity index (χ4n) is 2.58. The summed E-state index contributed by atoms with van der Waals surface area (Å²) >= 11 is 0. The van der Waals surface area contributed by atoms with E-state index in [0.717, 1.165) is 0 Å². The molecule has 2 fully saturated rings. The molecule has 114 valence electrons. The molecule has 1 unspecified atom stereocenters. The molecule has 5 nitrogen and oxygen atoms in total. The second kappa shape index (κ2) is 5.36. The lowest BCUT2D eigenvalue weighted by atomic mass is 10.1. The first-order valence-corrected chi connectivity index (χ1v) is 6.84. The van der Waals surface area contributed by atoms with E-state index in [1.54, 1.807) is 44.2 Å². The van der Waals surface area contributed by atoms with Crippen LogP contribution in [0.25, 0.3) is 0 Å². The predicted octanol–water partition coefficient (Wildman–Crippen LogP) is 2.06. The Morgan fingerprint density at radius 1 is 1.24 bits per heavy atom. The highest BCUT2D eigenvalue weighted by atomic mass is 19.1. The van der Waals surface area contributed by atoms with Gasteiger partial charge >= 0.3 is 5.97 Å². The maximum atomic E-state index is 13.8. The van der Waals surface area contributed by atoms with Crippen LogP contribution in [-0.2, 0) is 18.9 Å². The Balaban J connectivity index is 1.60. The number of hydrogen-bond donors (Lipinski definition) is 0. The highest BCUT2D eigenvalue weighted by Crippen LogP contribution is 2.39. The van der Waals surface area contributed by atoms with E-state index in [1.165, 1.54) is 0 Å². The third-order valence-electron chi connectivity index (χ3n) is 3.48. The maximum absolute atomic E-state index is 13.8. The molecule has 6 heteroatoms. The molecule has 1 aromatic carbocycles. The van der Waals surface area contributed by atoms with Crippen LogP contribution in [-0.4, -0.2) is 43.0 Å². The molecule has 21 heavy (non-hydrogen) atoms. The number of esters is 1. The SMILES string of the molecule is CC1(C)OC2[C@@H](COC(=O)c3ccccc3)O[C@@H](F)[C@H]2O1. The normalized spacial score (nSPS) is 33.7. The van der Waals surface area contributed by atoms with Gasteiger partial charge in [-0.15, -0.1) is 0 Å². The molecule has 0 aliphatic carbocycles. The van der Waals surface area contributed by atoms with E-state index < -0.39 is 36.4 Å². The van der Waals surface area contributed by atoms with E-state index >= 15 is 0 Å². The van der Waals surface area contributed by atoms with Crippen LogP contribution in [0.1, 0.15) is 24.2 Å². The van der Waals surface area contributed by atoms with Crippen LogP contribution < -0.4 is 0 Å². The second-order valence-electron chi connectivity index (χ2n) is 5.55. The third-order valence-corrected chi connectivity index (χ3v) is 3.48. The number of rotatable bonds is 3. The minimum atomic E-state index is -1.57. The van der Waals surface area contributed by atoms with Gasteiger partial charge in [0.15, 0.2) is 5.79 Å². The average Bonchev–Trinajstić information content (AvgIpc) is 2.92. The number of ether oxygens (including phenoxy) is 4. The number of carbonyl (C=O) groups excluding carboxylic acids is 1. The van der Waals surface area contributed by atoms with Crippen LogP contribution in [0.5, 0.6) is 0 Å². The summed E-state index contributed by atoms with van der Waals surface area (Å²) in [4.78, 5) is 11.9. The van der Waals surface area contributed by atoms with Crippen LogP contribution in [0.4, 0.5) is 4.39 Å². The Labute approximate surface area is 121 Å². The minimum absolute atomic E-state index is 0.0746. The Kier molecular flexibility index (Phi) is 3.69. The Bertz CT molecular complexity index is 518. The van der Waals surface area contributed by atoms with Gasteiger partial charge in [0, 0.05) is 0 Å². The zero-order chi connectivity index (χ0) is 15.0. The van der Waals surface area contributed by atoms with Crippen molar-refractivity contribution in [2.24, 2.45) is 0 Å². The topological polar surface area (TPSA) is 54.0 Å². The van der Waals surface area contributed by atoms with Crippen LogP contribution in [0.3, 0.4) is 0 Å². The average molecular weight is 296 g/mol. The van der Waals surface area contributed by atoms with Crippen molar-refractivity contribution in [3.8, 4) is 0 Å².